The minimum absolute atomic E-state index is 0.117. The molecule has 5 N–H and O–H groups in total. The number of piperidine rings is 1. The first-order valence-electron chi connectivity index (χ1n) is 13.5. The predicted molar refractivity (Wildman–Crippen MR) is 149 cm³/mol. The molecule has 42 heavy (non-hydrogen) atoms. The third-order valence-corrected chi connectivity index (χ3v) is 7.97. The molecule has 3 aromatic rings. The number of rotatable bonds is 7. The van der Waals surface area contributed by atoms with Gasteiger partial charge in [-0.25, -0.2) is 0 Å². The highest BCUT2D eigenvalue weighted by Crippen LogP contribution is 2.41. The van der Waals surface area contributed by atoms with Crippen molar-refractivity contribution in [2.45, 2.75) is 37.6 Å². The summed E-state index contributed by atoms with van der Waals surface area (Å²) in [5.74, 6) is -1.27. The van der Waals surface area contributed by atoms with Crippen molar-refractivity contribution in [1.82, 2.24) is 20.6 Å². The number of nitrogens with two attached hydrogens (primary N) is 1. The van der Waals surface area contributed by atoms with E-state index in [0.717, 1.165) is 5.56 Å². The molecule has 10 nitrogen and oxygen atoms in total. The molecular formula is C29H31F3N6O4. The summed E-state index contributed by atoms with van der Waals surface area (Å²) < 4.78 is 48.0. The van der Waals surface area contributed by atoms with Gasteiger partial charge in [0.1, 0.15) is 11.9 Å². The highest BCUT2D eigenvalue weighted by Gasteiger charge is 2.45. The maximum atomic E-state index is 14.2. The Morgan fingerprint density at radius 1 is 1.10 bits per heavy atom. The van der Waals surface area contributed by atoms with E-state index < -0.39 is 24.3 Å². The summed E-state index contributed by atoms with van der Waals surface area (Å²) in [6.45, 7) is 1.68. The molecule has 0 radical (unpaired) electrons. The van der Waals surface area contributed by atoms with Crippen molar-refractivity contribution in [1.29, 1.82) is 0 Å². The average Bonchev–Trinajstić information content (AvgIpc) is 3.39. The van der Waals surface area contributed by atoms with E-state index in [1.54, 1.807) is 36.4 Å². The van der Waals surface area contributed by atoms with Gasteiger partial charge in [0, 0.05) is 43.9 Å². The number of carboxylic acid groups (broad SMARTS) is 1. The zero-order valence-electron chi connectivity index (χ0n) is 22.8. The molecule has 1 amide bonds. The Bertz CT molecular complexity index is 1440. The fourth-order valence-electron chi connectivity index (χ4n) is 5.59. The Morgan fingerprint density at radius 2 is 1.71 bits per heavy atom. The Morgan fingerprint density at radius 3 is 2.26 bits per heavy atom. The monoisotopic (exact) mass is 584 g/mol. The molecule has 2 atom stereocenters. The molecule has 2 aromatic carbocycles. The number of amides is 1. The Balaban J connectivity index is 1.31. The molecular weight excluding hydrogens is 553 g/mol. The molecule has 13 heteroatoms. The molecule has 2 saturated heterocycles. The number of nitrogens with one attached hydrogen (secondary N) is 2. The molecule has 2 fully saturated rings. The summed E-state index contributed by atoms with van der Waals surface area (Å²) >= 11 is 0. The van der Waals surface area contributed by atoms with E-state index in [2.05, 4.69) is 20.6 Å². The van der Waals surface area contributed by atoms with Crippen molar-refractivity contribution in [3.63, 3.8) is 0 Å². The number of anilines is 2. The number of halogens is 3. The van der Waals surface area contributed by atoms with Gasteiger partial charge in [-0.15, -0.1) is 0 Å². The van der Waals surface area contributed by atoms with E-state index in [9.17, 15) is 27.9 Å². The molecule has 1 unspecified atom stereocenters. The van der Waals surface area contributed by atoms with Crippen molar-refractivity contribution < 1.29 is 32.6 Å². The largest absolute Gasteiger partial charge is 0.480 e. The van der Waals surface area contributed by atoms with Crippen LogP contribution in [0.5, 0.6) is 5.88 Å². The number of hydrogen-bond acceptors (Lipinski definition) is 8. The van der Waals surface area contributed by atoms with Gasteiger partial charge >= 0.3 is 12.1 Å². The van der Waals surface area contributed by atoms with Gasteiger partial charge in [0.15, 0.2) is 0 Å². The van der Waals surface area contributed by atoms with Crippen LogP contribution in [-0.4, -0.2) is 65.9 Å². The standard InChI is InChI=1S/C29H31F3N6O4/c1-34-25(39)20-8-4-18(5-9-20)17-2-6-19(7-3-17)24(29(30,31)32)42-23-14-22(36-27(33)37-23)38-12-10-28(11-13-38)15-21(26(40)41)35-16-28/h2-9,14,21,24,35H,10-13,15-16H2,1H3,(H,34,39)(H,40,41)(H2,33,36,37)/t21-,24?/m0/s1. The smallest absolute Gasteiger partial charge is 0.429 e. The van der Waals surface area contributed by atoms with E-state index in [4.69, 9.17) is 10.5 Å². The summed E-state index contributed by atoms with van der Waals surface area (Å²) in [6, 6.07) is 13.3. The lowest BCUT2D eigenvalue weighted by Crippen LogP contribution is -2.41. The molecule has 2 aliphatic rings. The van der Waals surface area contributed by atoms with Gasteiger partial charge in [-0.1, -0.05) is 36.4 Å². The van der Waals surface area contributed by atoms with Crippen LogP contribution in [-0.2, 0) is 4.79 Å². The topological polar surface area (TPSA) is 143 Å². The predicted octanol–water partition coefficient (Wildman–Crippen LogP) is 3.80. The number of aliphatic carboxylic acids is 1. The minimum Gasteiger partial charge on any atom is -0.480 e. The van der Waals surface area contributed by atoms with E-state index in [-0.39, 0.29) is 28.7 Å². The fourth-order valence-corrected chi connectivity index (χ4v) is 5.59. The van der Waals surface area contributed by atoms with E-state index >= 15 is 0 Å². The van der Waals surface area contributed by atoms with Crippen molar-refractivity contribution in [3.05, 3.63) is 65.7 Å². The summed E-state index contributed by atoms with van der Waals surface area (Å²) in [4.78, 5) is 33.2. The number of hydrogen-bond donors (Lipinski definition) is 4. The minimum atomic E-state index is -4.75. The normalized spacial score (nSPS) is 19.0. The maximum absolute atomic E-state index is 14.2. The highest BCUT2D eigenvalue weighted by atomic mass is 19.4. The van der Waals surface area contributed by atoms with Gasteiger partial charge in [0.05, 0.1) is 0 Å². The second kappa shape index (κ2) is 11.5. The van der Waals surface area contributed by atoms with Crippen LogP contribution >= 0.6 is 0 Å². The lowest BCUT2D eigenvalue weighted by Gasteiger charge is -2.39. The van der Waals surface area contributed by atoms with Gasteiger partial charge in [0.2, 0.25) is 17.9 Å². The molecule has 1 aromatic heterocycles. The third kappa shape index (κ3) is 6.25. The first kappa shape index (κ1) is 29.1. The SMILES string of the molecule is CNC(=O)c1ccc(-c2ccc(C(Oc3cc(N4CCC5(CC4)CN[C@H](C(=O)O)C5)nc(N)n3)C(F)(F)F)cc2)cc1. The third-order valence-electron chi connectivity index (χ3n) is 7.97. The number of aromatic nitrogens is 2. The lowest BCUT2D eigenvalue weighted by atomic mass is 9.76. The fraction of sp³-hybridized carbons (Fsp3) is 0.379. The Hall–Kier alpha value is -4.39. The number of ether oxygens (including phenoxy) is 1. The van der Waals surface area contributed by atoms with E-state index in [1.807, 2.05) is 4.90 Å². The number of carbonyl (C=O) groups excluding carboxylic acids is 1. The number of carbonyl (C=O) groups is 2. The van der Waals surface area contributed by atoms with Crippen molar-refractivity contribution in [2.75, 3.05) is 37.3 Å². The molecule has 0 bridgehead atoms. The van der Waals surface area contributed by atoms with E-state index in [1.165, 1.54) is 25.2 Å². The zero-order chi connectivity index (χ0) is 30.1. The van der Waals surface area contributed by atoms with Crippen LogP contribution in [0.2, 0.25) is 0 Å². The molecule has 1 spiro atoms. The number of nitrogen functional groups attached to an aromatic ring is 1. The summed E-state index contributed by atoms with van der Waals surface area (Å²) in [5, 5.41) is 14.9. The van der Waals surface area contributed by atoms with Crippen molar-refractivity contribution >= 4 is 23.6 Å². The summed E-state index contributed by atoms with van der Waals surface area (Å²) in [5.41, 5.74) is 7.49. The lowest BCUT2D eigenvalue weighted by molar-refractivity contribution is -0.198. The van der Waals surface area contributed by atoms with Crippen LogP contribution in [0.3, 0.4) is 0 Å². The van der Waals surface area contributed by atoms with Crippen LogP contribution in [0.1, 0.15) is 41.3 Å². The molecule has 0 saturated carbocycles. The van der Waals surface area contributed by atoms with Gasteiger partial charge in [-0.3, -0.25) is 9.59 Å². The summed E-state index contributed by atoms with van der Waals surface area (Å²) in [6.07, 6.45) is -5.11. The van der Waals surface area contributed by atoms with E-state index in [0.29, 0.717) is 55.8 Å². The van der Waals surface area contributed by atoms with Crippen LogP contribution in [0, 0.1) is 5.41 Å². The number of nitrogens with zero attached hydrogens (tertiary/aromatic N) is 3. The molecule has 0 aliphatic carbocycles. The van der Waals surface area contributed by atoms with Crippen molar-refractivity contribution in [2.24, 2.45) is 5.41 Å². The quantitative estimate of drug-likeness (QED) is 0.326. The zero-order valence-corrected chi connectivity index (χ0v) is 22.8. The molecule has 3 heterocycles. The molecule has 222 valence electrons. The second-order valence-electron chi connectivity index (χ2n) is 10.7. The van der Waals surface area contributed by atoms with Gasteiger partial charge in [0.25, 0.3) is 5.91 Å². The van der Waals surface area contributed by atoms with Gasteiger partial charge in [-0.05, 0) is 47.9 Å². The van der Waals surface area contributed by atoms with Crippen LogP contribution < -0.4 is 26.0 Å². The second-order valence-corrected chi connectivity index (χ2v) is 10.7. The van der Waals surface area contributed by atoms with Gasteiger partial charge < -0.3 is 31.1 Å². The van der Waals surface area contributed by atoms with Crippen molar-refractivity contribution in [3.8, 4) is 17.0 Å². The average molecular weight is 585 g/mol. The molecule has 5 rings (SSSR count). The van der Waals surface area contributed by atoms with Crippen LogP contribution in [0.15, 0.2) is 54.6 Å². The first-order chi connectivity index (χ1) is 20.0. The summed E-state index contributed by atoms with van der Waals surface area (Å²) in [7, 11) is 1.53. The first-order valence-corrected chi connectivity index (χ1v) is 13.5. The highest BCUT2D eigenvalue weighted by molar-refractivity contribution is 5.94. The Labute approximate surface area is 240 Å². The van der Waals surface area contributed by atoms with Gasteiger partial charge in [-0.2, -0.15) is 23.1 Å². The Kier molecular flexibility index (Phi) is 7.95. The molecule has 2 aliphatic heterocycles. The van der Waals surface area contributed by atoms with Crippen LogP contribution in [0.25, 0.3) is 11.1 Å². The number of carboxylic acids is 1. The maximum Gasteiger partial charge on any atom is 0.429 e. The van der Waals surface area contributed by atoms with Crippen LogP contribution in [0.4, 0.5) is 24.9 Å². The number of alkyl halides is 3. The number of benzene rings is 2.